The van der Waals surface area contributed by atoms with Crippen molar-refractivity contribution in [3.05, 3.63) is 35.0 Å². The first-order valence-corrected chi connectivity index (χ1v) is 7.14. The molecule has 0 aromatic carbocycles. The summed E-state index contributed by atoms with van der Waals surface area (Å²) in [7, 11) is 0. The first-order chi connectivity index (χ1) is 9.29. The van der Waals surface area contributed by atoms with Crippen molar-refractivity contribution in [2.24, 2.45) is 0 Å². The van der Waals surface area contributed by atoms with E-state index in [4.69, 9.17) is 10.5 Å². The van der Waals surface area contributed by atoms with Crippen molar-refractivity contribution in [2.45, 2.75) is 33.3 Å². The molecule has 2 N–H and O–H groups in total. The highest BCUT2D eigenvalue weighted by molar-refractivity contribution is 7.16. The molecule has 0 saturated carbocycles. The number of hydrogen-bond acceptors (Lipinski definition) is 5. The van der Waals surface area contributed by atoms with E-state index >= 15 is 0 Å². The lowest BCUT2D eigenvalue weighted by Gasteiger charge is -2.20. The summed E-state index contributed by atoms with van der Waals surface area (Å²) in [6.07, 6.45) is 3.42. The molecule has 0 amide bonds. The minimum absolute atomic E-state index is 0.391. The molecule has 2 heterocycles. The molecule has 4 nitrogen and oxygen atoms in total. The molecule has 2 aromatic rings. The van der Waals surface area contributed by atoms with Crippen LogP contribution in [0.2, 0.25) is 0 Å². The van der Waals surface area contributed by atoms with E-state index in [1.54, 1.807) is 12.4 Å². The van der Waals surface area contributed by atoms with Gasteiger partial charge in [0.25, 0.3) is 0 Å². The third-order valence-electron chi connectivity index (χ3n) is 2.66. The third-order valence-corrected chi connectivity index (χ3v) is 3.60. The number of nitrogens with zero attached hydrogens (tertiary/aromatic N) is 1. The molecule has 0 saturated heterocycles. The first-order valence-electron chi connectivity index (χ1n) is 6.32. The second-order valence-corrected chi connectivity index (χ2v) is 6.77. The number of hydrogen-bond donors (Lipinski definition) is 1. The number of anilines is 1. The molecule has 0 aliphatic heterocycles. The highest BCUT2D eigenvalue weighted by atomic mass is 32.1. The Kier molecular flexibility index (Phi) is 3.81. The van der Waals surface area contributed by atoms with Crippen molar-refractivity contribution in [2.75, 3.05) is 5.73 Å². The summed E-state index contributed by atoms with van der Waals surface area (Å²) in [4.78, 5) is 17.5. The molecule has 2 aromatic heterocycles. The molecule has 0 aliphatic carbocycles. The molecular formula is C15H18N2O2S. The van der Waals surface area contributed by atoms with Gasteiger partial charge >= 0.3 is 5.97 Å². The van der Waals surface area contributed by atoms with E-state index in [1.807, 2.05) is 39.8 Å². The van der Waals surface area contributed by atoms with Gasteiger partial charge in [-0.05, 0) is 33.8 Å². The van der Waals surface area contributed by atoms with E-state index in [9.17, 15) is 4.79 Å². The number of aryl methyl sites for hydroxylation is 1. The van der Waals surface area contributed by atoms with Crippen LogP contribution in [0, 0.1) is 6.92 Å². The van der Waals surface area contributed by atoms with E-state index < -0.39 is 11.6 Å². The number of nitrogens with two attached hydrogens (primary N) is 1. The predicted molar refractivity (Wildman–Crippen MR) is 81.9 cm³/mol. The first kappa shape index (κ1) is 14.5. The summed E-state index contributed by atoms with van der Waals surface area (Å²) in [6, 6.07) is 3.75. The van der Waals surface area contributed by atoms with Crippen LogP contribution in [0.4, 0.5) is 5.00 Å². The molecule has 0 unspecified atom stereocenters. The second kappa shape index (κ2) is 5.25. The Morgan fingerprint density at radius 3 is 2.65 bits per heavy atom. The van der Waals surface area contributed by atoms with Crippen LogP contribution in [0.5, 0.6) is 0 Å². The highest BCUT2D eigenvalue weighted by Crippen LogP contribution is 2.38. The van der Waals surface area contributed by atoms with Crippen LogP contribution in [-0.2, 0) is 4.74 Å². The van der Waals surface area contributed by atoms with Gasteiger partial charge in [-0.2, -0.15) is 0 Å². The fraction of sp³-hybridized carbons (Fsp3) is 0.333. The molecule has 0 atom stereocenters. The Morgan fingerprint density at radius 2 is 2.10 bits per heavy atom. The lowest BCUT2D eigenvalue weighted by atomic mass is 10.0. The van der Waals surface area contributed by atoms with Gasteiger partial charge in [0.2, 0.25) is 0 Å². The quantitative estimate of drug-likeness (QED) is 0.857. The number of carbonyl (C=O) groups excluding carboxylic acids is 1. The second-order valence-electron chi connectivity index (χ2n) is 5.52. The topological polar surface area (TPSA) is 65.2 Å². The average molecular weight is 290 g/mol. The molecule has 0 aliphatic rings. The number of thiophene rings is 1. The molecule has 2 rings (SSSR count). The number of esters is 1. The number of pyridine rings is 1. The van der Waals surface area contributed by atoms with Crippen LogP contribution >= 0.6 is 11.3 Å². The highest BCUT2D eigenvalue weighted by Gasteiger charge is 2.26. The van der Waals surface area contributed by atoms with Crippen molar-refractivity contribution >= 4 is 22.3 Å². The average Bonchev–Trinajstić information content (AvgIpc) is 2.63. The van der Waals surface area contributed by atoms with Gasteiger partial charge in [0.1, 0.15) is 16.2 Å². The van der Waals surface area contributed by atoms with Gasteiger partial charge in [0.15, 0.2) is 0 Å². The Hall–Kier alpha value is -1.88. The number of rotatable bonds is 2. The Bertz CT molecular complexity index is 627. The lowest BCUT2D eigenvalue weighted by molar-refractivity contribution is 0.00721. The fourth-order valence-corrected chi connectivity index (χ4v) is 2.90. The van der Waals surface area contributed by atoms with Crippen molar-refractivity contribution in [1.29, 1.82) is 0 Å². The lowest BCUT2D eigenvalue weighted by Crippen LogP contribution is -2.24. The van der Waals surface area contributed by atoms with Crippen molar-refractivity contribution in [3.8, 4) is 11.1 Å². The maximum atomic E-state index is 12.4. The standard InChI is InChI=1S/C15H18N2O2S/c1-9-11(10-6-5-7-17-8-10)12(13(16)20-9)14(18)19-15(2,3)4/h5-8H,16H2,1-4H3. The SMILES string of the molecule is Cc1sc(N)c(C(=O)OC(C)(C)C)c1-c1cccnc1. The minimum atomic E-state index is -0.550. The summed E-state index contributed by atoms with van der Waals surface area (Å²) in [6.45, 7) is 7.45. The number of nitrogen functional groups attached to an aromatic ring is 1. The monoisotopic (exact) mass is 290 g/mol. The fourth-order valence-electron chi connectivity index (χ4n) is 1.96. The number of carbonyl (C=O) groups is 1. The smallest absolute Gasteiger partial charge is 0.342 e. The van der Waals surface area contributed by atoms with E-state index in [0.29, 0.717) is 10.6 Å². The predicted octanol–water partition coefficient (Wildman–Crippen LogP) is 3.66. The number of ether oxygens (including phenoxy) is 1. The van der Waals surface area contributed by atoms with Crippen LogP contribution in [0.3, 0.4) is 0 Å². The summed E-state index contributed by atoms with van der Waals surface area (Å²) in [5.74, 6) is -0.391. The van der Waals surface area contributed by atoms with Gasteiger partial charge in [-0.15, -0.1) is 11.3 Å². The van der Waals surface area contributed by atoms with Gasteiger partial charge in [-0.3, -0.25) is 4.98 Å². The van der Waals surface area contributed by atoms with Crippen LogP contribution in [0.1, 0.15) is 36.0 Å². The molecule has 0 radical (unpaired) electrons. The van der Waals surface area contributed by atoms with Crippen LogP contribution in [0.25, 0.3) is 11.1 Å². The zero-order chi connectivity index (χ0) is 14.9. The summed E-state index contributed by atoms with van der Waals surface area (Å²) in [5.41, 5.74) is 7.58. The molecular weight excluding hydrogens is 272 g/mol. The van der Waals surface area contributed by atoms with Gasteiger partial charge in [-0.25, -0.2) is 4.79 Å². The Morgan fingerprint density at radius 1 is 1.40 bits per heavy atom. The molecule has 20 heavy (non-hydrogen) atoms. The zero-order valence-electron chi connectivity index (χ0n) is 12.1. The van der Waals surface area contributed by atoms with Crippen LogP contribution in [0.15, 0.2) is 24.5 Å². The van der Waals surface area contributed by atoms with E-state index in [0.717, 1.165) is 16.0 Å². The van der Waals surface area contributed by atoms with Gasteiger partial charge in [0.05, 0.1) is 0 Å². The maximum Gasteiger partial charge on any atom is 0.342 e. The van der Waals surface area contributed by atoms with Crippen LogP contribution < -0.4 is 5.73 Å². The molecule has 5 heteroatoms. The molecule has 0 bridgehead atoms. The summed E-state index contributed by atoms with van der Waals surface area (Å²) in [5, 5.41) is 0.482. The van der Waals surface area contributed by atoms with Crippen LogP contribution in [-0.4, -0.2) is 16.6 Å². The van der Waals surface area contributed by atoms with Gasteiger partial charge < -0.3 is 10.5 Å². The summed E-state index contributed by atoms with van der Waals surface area (Å²) >= 11 is 1.39. The normalized spacial score (nSPS) is 11.4. The molecule has 0 fully saturated rings. The van der Waals surface area contributed by atoms with E-state index in [1.165, 1.54) is 11.3 Å². The summed E-state index contributed by atoms with van der Waals surface area (Å²) < 4.78 is 5.45. The van der Waals surface area contributed by atoms with Crippen molar-refractivity contribution in [1.82, 2.24) is 4.98 Å². The molecule has 0 spiro atoms. The maximum absolute atomic E-state index is 12.4. The Balaban J connectivity index is 2.52. The van der Waals surface area contributed by atoms with Gasteiger partial charge in [-0.1, -0.05) is 6.07 Å². The van der Waals surface area contributed by atoms with Gasteiger partial charge in [0, 0.05) is 28.4 Å². The molecule has 106 valence electrons. The zero-order valence-corrected chi connectivity index (χ0v) is 12.9. The van der Waals surface area contributed by atoms with Crippen molar-refractivity contribution < 1.29 is 9.53 Å². The van der Waals surface area contributed by atoms with E-state index in [-0.39, 0.29) is 0 Å². The van der Waals surface area contributed by atoms with E-state index in [2.05, 4.69) is 4.98 Å². The Labute approximate surface area is 122 Å². The third kappa shape index (κ3) is 2.99. The van der Waals surface area contributed by atoms with Crippen molar-refractivity contribution in [3.63, 3.8) is 0 Å². The minimum Gasteiger partial charge on any atom is -0.456 e. The number of aromatic nitrogens is 1. The largest absolute Gasteiger partial charge is 0.456 e.